The van der Waals surface area contributed by atoms with E-state index < -0.39 is 0 Å². The zero-order chi connectivity index (χ0) is 10.8. The SMILES string of the molecule is CC(C)N1CCN(C2CCNC2)C(=O)C1. The number of nitrogens with zero attached hydrogens (tertiary/aromatic N) is 2. The van der Waals surface area contributed by atoms with Gasteiger partial charge in [0.15, 0.2) is 0 Å². The summed E-state index contributed by atoms with van der Waals surface area (Å²) in [7, 11) is 0. The smallest absolute Gasteiger partial charge is 0.237 e. The molecule has 4 heteroatoms. The van der Waals surface area contributed by atoms with E-state index in [1.165, 1.54) is 0 Å². The summed E-state index contributed by atoms with van der Waals surface area (Å²) in [5.41, 5.74) is 0. The molecule has 0 radical (unpaired) electrons. The molecule has 1 N–H and O–H groups in total. The lowest BCUT2D eigenvalue weighted by Gasteiger charge is -2.39. The molecule has 1 atom stereocenters. The Morgan fingerprint density at radius 2 is 2.20 bits per heavy atom. The van der Waals surface area contributed by atoms with Crippen LogP contribution < -0.4 is 5.32 Å². The van der Waals surface area contributed by atoms with Crippen molar-refractivity contribution in [1.29, 1.82) is 0 Å². The first-order valence-corrected chi connectivity index (χ1v) is 5.92. The lowest BCUT2D eigenvalue weighted by molar-refractivity contribution is -0.139. The summed E-state index contributed by atoms with van der Waals surface area (Å²) in [5, 5.41) is 3.32. The Morgan fingerprint density at radius 1 is 1.40 bits per heavy atom. The van der Waals surface area contributed by atoms with Crippen molar-refractivity contribution in [2.24, 2.45) is 0 Å². The zero-order valence-electron chi connectivity index (χ0n) is 9.70. The summed E-state index contributed by atoms with van der Waals surface area (Å²) in [6.45, 7) is 8.88. The van der Waals surface area contributed by atoms with E-state index in [1.807, 2.05) is 0 Å². The average molecular weight is 211 g/mol. The number of carbonyl (C=O) groups excluding carboxylic acids is 1. The highest BCUT2D eigenvalue weighted by Gasteiger charge is 2.31. The fraction of sp³-hybridized carbons (Fsp3) is 0.909. The van der Waals surface area contributed by atoms with Crippen molar-refractivity contribution in [2.45, 2.75) is 32.4 Å². The number of amides is 1. The molecule has 1 unspecified atom stereocenters. The van der Waals surface area contributed by atoms with Gasteiger partial charge in [0.05, 0.1) is 6.54 Å². The minimum absolute atomic E-state index is 0.309. The largest absolute Gasteiger partial charge is 0.336 e. The number of rotatable bonds is 2. The summed E-state index contributed by atoms with van der Waals surface area (Å²) < 4.78 is 0. The van der Waals surface area contributed by atoms with Gasteiger partial charge in [-0.2, -0.15) is 0 Å². The van der Waals surface area contributed by atoms with Crippen LogP contribution in [-0.4, -0.2) is 60.5 Å². The third-order valence-electron chi connectivity index (χ3n) is 3.49. The first kappa shape index (κ1) is 10.9. The molecule has 0 aromatic rings. The van der Waals surface area contributed by atoms with Gasteiger partial charge in [-0.15, -0.1) is 0 Å². The van der Waals surface area contributed by atoms with Crippen LogP contribution in [0.3, 0.4) is 0 Å². The van der Waals surface area contributed by atoms with Crippen molar-refractivity contribution < 1.29 is 4.79 Å². The molecule has 1 amide bonds. The van der Waals surface area contributed by atoms with Crippen molar-refractivity contribution in [2.75, 3.05) is 32.7 Å². The van der Waals surface area contributed by atoms with Crippen LogP contribution in [0.2, 0.25) is 0 Å². The van der Waals surface area contributed by atoms with Gasteiger partial charge in [0.25, 0.3) is 0 Å². The van der Waals surface area contributed by atoms with Crippen LogP contribution in [0.4, 0.5) is 0 Å². The van der Waals surface area contributed by atoms with E-state index in [1.54, 1.807) is 0 Å². The monoisotopic (exact) mass is 211 g/mol. The van der Waals surface area contributed by atoms with Crippen LogP contribution in [0.25, 0.3) is 0 Å². The zero-order valence-corrected chi connectivity index (χ0v) is 9.70. The third kappa shape index (κ3) is 2.32. The van der Waals surface area contributed by atoms with Gasteiger partial charge in [-0.3, -0.25) is 9.69 Å². The molecule has 2 aliphatic heterocycles. The number of nitrogens with one attached hydrogen (secondary N) is 1. The fourth-order valence-electron chi connectivity index (χ4n) is 2.44. The van der Waals surface area contributed by atoms with E-state index in [4.69, 9.17) is 0 Å². The Bertz CT molecular complexity index is 236. The molecule has 15 heavy (non-hydrogen) atoms. The molecule has 0 aliphatic carbocycles. The highest BCUT2D eigenvalue weighted by Crippen LogP contribution is 2.14. The normalized spacial score (nSPS) is 29.1. The summed E-state index contributed by atoms with van der Waals surface area (Å²) in [6, 6.07) is 0.935. The predicted molar refractivity (Wildman–Crippen MR) is 59.7 cm³/mol. The van der Waals surface area contributed by atoms with Crippen molar-refractivity contribution in [1.82, 2.24) is 15.1 Å². The van der Waals surface area contributed by atoms with E-state index in [-0.39, 0.29) is 0 Å². The molecule has 0 bridgehead atoms. The highest BCUT2D eigenvalue weighted by molar-refractivity contribution is 5.79. The number of hydrogen-bond donors (Lipinski definition) is 1. The second-order valence-corrected chi connectivity index (χ2v) is 4.80. The second-order valence-electron chi connectivity index (χ2n) is 4.80. The minimum Gasteiger partial charge on any atom is -0.336 e. The van der Waals surface area contributed by atoms with Gasteiger partial charge in [0, 0.05) is 31.7 Å². The van der Waals surface area contributed by atoms with Gasteiger partial charge in [-0.25, -0.2) is 0 Å². The molecular weight excluding hydrogens is 190 g/mol. The lowest BCUT2D eigenvalue weighted by Crippen LogP contribution is -2.55. The molecule has 0 spiro atoms. The van der Waals surface area contributed by atoms with E-state index in [0.717, 1.165) is 32.6 Å². The predicted octanol–water partition coefficient (Wildman–Crippen LogP) is -0.0991. The van der Waals surface area contributed by atoms with Crippen LogP contribution in [0, 0.1) is 0 Å². The minimum atomic E-state index is 0.309. The molecule has 2 heterocycles. The van der Waals surface area contributed by atoms with Crippen molar-refractivity contribution in [3.8, 4) is 0 Å². The molecule has 4 nitrogen and oxygen atoms in total. The molecule has 2 saturated heterocycles. The fourth-order valence-corrected chi connectivity index (χ4v) is 2.44. The van der Waals surface area contributed by atoms with Crippen molar-refractivity contribution >= 4 is 5.91 Å². The topological polar surface area (TPSA) is 35.6 Å². The summed E-state index contributed by atoms with van der Waals surface area (Å²) in [6.07, 6.45) is 1.12. The Kier molecular flexibility index (Phi) is 3.26. The maximum atomic E-state index is 12.0. The summed E-state index contributed by atoms with van der Waals surface area (Å²) >= 11 is 0. The van der Waals surface area contributed by atoms with Crippen LogP contribution in [0.5, 0.6) is 0 Å². The summed E-state index contributed by atoms with van der Waals surface area (Å²) in [4.78, 5) is 16.3. The van der Waals surface area contributed by atoms with Gasteiger partial charge in [-0.05, 0) is 26.8 Å². The van der Waals surface area contributed by atoms with Crippen LogP contribution in [0.15, 0.2) is 0 Å². The maximum absolute atomic E-state index is 12.0. The standard InChI is InChI=1S/C11H21N3O/c1-9(2)13-5-6-14(11(15)8-13)10-3-4-12-7-10/h9-10,12H,3-8H2,1-2H3. The van der Waals surface area contributed by atoms with Crippen LogP contribution in [-0.2, 0) is 4.79 Å². The van der Waals surface area contributed by atoms with E-state index in [0.29, 0.717) is 24.5 Å². The molecule has 2 rings (SSSR count). The maximum Gasteiger partial charge on any atom is 0.237 e. The first-order valence-electron chi connectivity index (χ1n) is 5.92. The molecule has 0 saturated carbocycles. The quantitative estimate of drug-likeness (QED) is 0.693. The Labute approximate surface area is 91.6 Å². The average Bonchev–Trinajstić information content (AvgIpc) is 2.70. The molecule has 0 aromatic carbocycles. The van der Waals surface area contributed by atoms with Crippen molar-refractivity contribution in [3.05, 3.63) is 0 Å². The summed E-state index contributed by atoms with van der Waals surface area (Å²) in [5.74, 6) is 0.309. The lowest BCUT2D eigenvalue weighted by atomic mass is 10.1. The van der Waals surface area contributed by atoms with Gasteiger partial charge in [-0.1, -0.05) is 0 Å². The molecular formula is C11H21N3O. The highest BCUT2D eigenvalue weighted by atomic mass is 16.2. The third-order valence-corrected chi connectivity index (χ3v) is 3.49. The van der Waals surface area contributed by atoms with Gasteiger partial charge >= 0.3 is 0 Å². The molecule has 86 valence electrons. The molecule has 0 aromatic heterocycles. The number of piperazine rings is 1. The Hall–Kier alpha value is -0.610. The van der Waals surface area contributed by atoms with Crippen LogP contribution in [0.1, 0.15) is 20.3 Å². The number of hydrogen-bond acceptors (Lipinski definition) is 3. The van der Waals surface area contributed by atoms with E-state index in [9.17, 15) is 4.79 Å². The van der Waals surface area contributed by atoms with E-state index >= 15 is 0 Å². The first-order chi connectivity index (χ1) is 7.18. The van der Waals surface area contributed by atoms with Gasteiger partial charge in [0.2, 0.25) is 5.91 Å². The second kappa shape index (κ2) is 4.49. The van der Waals surface area contributed by atoms with E-state index in [2.05, 4.69) is 29.0 Å². The Morgan fingerprint density at radius 3 is 2.73 bits per heavy atom. The van der Waals surface area contributed by atoms with Crippen LogP contribution >= 0.6 is 0 Å². The molecule has 2 fully saturated rings. The van der Waals surface area contributed by atoms with Gasteiger partial charge in [0.1, 0.15) is 0 Å². The van der Waals surface area contributed by atoms with Crippen molar-refractivity contribution in [3.63, 3.8) is 0 Å². The van der Waals surface area contributed by atoms with Gasteiger partial charge < -0.3 is 10.2 Å². The number of carbonyl (C=O) groups is 1. The molecule has 2 aliphatic rings. The Balaban J connectivity index is 1.91.